The van der Waals surface area contributed by atoms with Crippen molar-refractivity contribution in [3.63, 3.8) is 0 Å². The standard InChI is InChI=1S/C15H12N4.C10H9N3/c16-8-5-12-11-19(15-4-2-1-3-14(12)15)18-13-6-9-17-10-7-13;11-6-5-8-7-13(12)10-4-2-1-3-9(8)10/h1-4,6-7,9-11H,5H2,(H,17,18);1-4,7H,5,12H2. The van der Waals surface area contributed by atoms with Crippen molar-refractivity contribution in [3.8, 4) is 12.1 Å². The number of nitrogens with one attached hydrogen (secondary N) is 1. The van der Waals surface area contributed by atoms with Crippen molar-refractivity contribution in [2.24, 2.45) is 0 Å². The van der Waals surface area contributed by atoms with E-state index in [2.05, 4.69) is 22.5 Å². The Balaban J connectivity index is 0.000000165. The summed E-state index contributed by atoms with van der Waals surface area (Å²) >= 11 is 0. The molecule has 0 bridgehead atoms. The van der Waals surface area contributed by atoms with E-state index in [4.69, 9.17) is 16.4 Å². The topological polar surface area (TPSA) is 108 Å². The van der Waals surface area contributed by atoms with Gasteiger partial charge in [-0.25, -0.2) is 0 Å². The lowest BCUT2D eigenvalue weighted by atomic mass is 10.1. The lowest BCUT2D eigenvalue weighted by molar-refractivity contribution is 1.000. The molecule has 0 saturated heterocycles. The van der Waals surface area contributed by atoms with Crippen LogP contribution in [0.1, 0.15) is 11.1 Å². The maximum atomic E-state index is 8.89. The predicted molar refractivity (Wildman–Crippen MR) is 126 cm³/mol. The van der Waals surface area contributed by atoms with Gasteiger partial charge in [-0.2, -0.15) is 10.5 Å². The molecule has 32 heavy (non-hydrogen) atoms. The summed E-state index contributed by atoms with van der Waals surface area (Å²) in [6, 6.07) is 24.0. The number of hydrogen-bond acceptors (Lipinski definition) is 5. The molecule has 0 spiro atoms. The number of nitrogen functional groups attached to an aromatic ring is 1. The van der Waals surface area contributed by atoms with E-state index in [0.717, 1.165) is 38.6 Å². The van der Waals surface area contributed by atoms with Gasteiger partial charge in [0.15, 0.2) is 0 Å². The molecule has 3 heterocycles. The molecule has 2 aromatic carbocycles. The molecule has 5 rings (SSSR count). The molecule has 0 aliphatic rings. The van der Waals surface area contributed by atoms with Crippen LogP contribution in [0.5, 0.6) is 0 Å². The normalized spacial score (nSPS) is 10.2. The number of hydrogen-bond donors (Lipinski definition) is 2. The third-order valence-electron chi connectivity index (χ3n) is 5.09. The Labute approximate surface area is 185 Å². The lowest BCUT2D eigenvalue weighted by Crippen LogP contribution is -2.06. The minimum absolute atomic E-state index is 0.407. The van der Waals surface area contributed by atoms with E-state index in [1.807, 2.05) is 71.5 Å². The van der Waals surface area contributed by atoms with Gasteiger partial charge >= 0.3 is 0 Å². The highest BCUT2D eigenvalue weighted by molar-refractivity contribution is 5.85. The number of anilines is 1. The van der Waals surface area contributed by atoms with Gasteiger partial charge in [-0.15, -0.1) is 0 Å². The number of nitrogens with zero attached hydrogens (tertiary/aromatic N) is 5. The Kier molecular flexibility index (Phi) is 6.01. The zero-order chi connectivity index (χ0) is 22.3. The molecule has 3 aromatic heterocycles. The molecule has 5 aromatic rings. The van der Waals surface area contributed by atoms with Gasteiger partial charge < -0.3 is 5.84 Å². The van der Waals surface area contributed by atoms with Gasteiger partial charge in [0.25, 0.3) is 0 Å². The minimum Gasteiger partial charge on any atom is -0.339 e. The van der Waals surface area contributed by atoms with E-state index in [-0.39, 0.29) is 0 Å². The first-order valence-corrected chi connectivity index (χ1v) is 10.0. The second-order valence-corrected chi connectivity index (χ2v) is 7.14. The van der Waals surface area contributed by atoms with E-state index < -0.39 is 0 Å². The Hall–Kier alpha value is -4.75. The third-order valence-corrected chi connectivity index (χ3v) is 5.09. The van der Waals surface area contributed by atoms with Crippen molar-refractivity contribution in [2.45, 2.75) is 12.8 Å². The number of nitriles is 2. The summed E-state index contributed by atoms with van der Waals surface area (Å²) in [4.78, 5) is 3.99. The van der Waals surface area contributed by atoms with Crippen molar-refractivity contribution in [1.29, 1.82) is 10.5 Å². The fraction of sp³-hybridized carbons (Fsp3) is 0.0800. The maximum Gasteiger partial charge on any atom is 0.0699 e. The first-order valence-electron chi connectivity index (χ1n) is 10.0. The molecule has 0 aliphatic heterocycles. The van der Waals surface area contributed by atoms with Crippen LogP contribution in [-0.2, 0) is 12.8 Å². The molecule has 156 valence electrons. The number of benzene rings is 2. The average Bonchev–Trinajstić information content (AvgIpc) is 3.33. The molecular weight excluding hydrogens is 398 g/mol. The molecule has 0 atom stereocenters. The first-order chi connectivity index (χ1) is 15.7. The summed E-state index contributed by atoms with van der Waals surface area (Å²) in [5, 5.41) is 19.6. The Morgan fingerprint density at radius 1 is 0.781 bits per heavy atom. The van der Waals surface area contributed by atoms with Gasteiger partial charge in [0.1, 0.15) is 0 Å². The number of rotatable bonds is 4. The van der Waals surface area contributed by atoms with E-state index in [1.165, 1.54) is 0 Å². The van der Waals surface area contributed by atoms with E-state index in [0.29, 0.717) is 12.8 Å². The van der Waals surface area contributed by atoms with Gasteiger partial charge in [0, 0.05) is 35.6 Å². The van der Waals surface area contributed by atoms with Gasteiger partial charge in [-0.1, -0.05) is 36.4 Å². The second-order valence-electron chi connectivity index (χ2n) is 7.14. The van der Waals surface area contributed by atoms with Gasteiger partial charge in [-0.05, 0) is 35.4 Å². The number of aromatic nitrogens is 3. The van der Waals surface area contributed by atoms with Crippen molar-refractivity contribution in [1.82, 2.24) is 14.3 Å². The van der Waals surface area contributed by atoms with E-state index >= 15 is 0 Å². The fourth-order valence-electron chi connectivity index (χ4n) is 3.64. The predicted octanol–water partition coefficient (Wildman–Crippen LogP) is 4.40. The van der Waals surface area contributed by atoms with Crippen LogP contribution < -0.4 is 11.3 Å². The Morgan fingerprint density at radius 3 is 2.00 bits per heavy atom. The average molecular weight is 419 g/mol. The maximum absolute atomic E-state index is 8.89. The molecule has 0 radical (unpaired) electrons. The molecule has 0 amide bonds. The van der Waals surface area contributed by atoms with Crippen LogP contribution in [0, 0.1) is 22.7 Å². The highest BCUT2D eigenvalue weighted by Gasteiger charge is 2.07. The highest BCUT2D eigenvalue weighted by atomic mass is 15.4. The summed E-state index contributed by atoms with van der Waals surface area (Å²) in [7, 11) is 0. The third kappa shape index (κ3) is 4.23. The molecule has 0 saturated carbocycles. The van der Waals surface area contributed by atoms with Crippen LogP contribution in [0.15, 0.2) is 85.5 Å². The Bertz CT molecular complexity index is 1430. The van der Waals surface area contributed by atoms with Crippen molar-refractivity contribution < 1.29 is 0 Å². The molecule has 0 unspecified atom stereocenters. The number of pyridine rings is 1. The van der Waals surface area contributed by atoms with E-state index in [1.54, 1.807) is 23.3 Å². The minimum atomic E-state index is 0.407. The van der Waals surface area contributed by atoms with Crippen molar-refractivity contribution in [3.05, 3.63) is 96.6 Å². The van der Waals surface area contributed by atoms with E-state index in [9.17, 15) is 0 Å². The van der Waals surface area contributed by atoms with Gasteiger partial charge in [0.2, 0.25) is 0 Å². The summed E-state index contributed by atoms with van der Waals surface area (Å²) in [5.41, 5.74) is 8.29. The smallest absolute Gasteiger partial charge is 0.0699 e. The second kappa shape index (κ2) is 9.38. The molecule has 0 aliphatic carbocycles. The fourth-order valence-corrected chi connectivity index (χ4v) is 3.64. The van der Waals surface area contributed by atoms with Gasteiger partial charge in [0.05, 0.1) is 41.7 Å². The molecule has 3 N–H and O–H groups in total. The summed E-state index contributed by atoms with van der Waals surface area (Å²) in [6.45, 7) is 0. The zero-order valence-corrected chi connectivity index (χ0v) is 17.3. The Morgan fingerprint density at radius 2 is 1.34 bits per heavy atom. The van der Waals surface area contributed by atoms with Crippen LogP contribution in [0.3, 0.4) is 0 Å². The van der Waals surface area contributed by atoms with Crippen LogP contribution in [0.25, 0.3) is 21.8 Å². The van der Waals surface area contributed by atoms with Crippen molar-refractivity contribution >= 4 is 27.5 Å². The largest absolute Gasteiger partial charge is 0.339 e. The quantitative estimate of drug-likeness (QED) is 0.420. The summed E-state index contributed by atoms with van der Waals surface area (Å²) in [5.74, 6) is 5.71. The molecule has 0 fully saturated rings. The van der Waals surface area contributed by atoms with Crippen molar-refractivity contribution in [2.75, 3.05) is 11.3 Å². The van der Waals surface area contributed by atoms with Crippen LogP contribution in [-0.4, -0.2) is 14.3 Å². The summed E-state index contributed by atoms with van der Waals surface area (Å²) in [6.07, 6.45) is 8.06. The first kappa shape index (κ1) is 20.5. The number of fused-ring (bicyclic) bond motifs is 2. The highest BCUT2D eigenvalue weighted by Crippen LogP contribution is 2.22. The SMILES string of the molecule is N#CCc1cn(N)c2ccccc12.N#CCc1cn(Nc2ccncc2)c2ccccc12. The lowest BCUT2D eigenvalue weighted by Gasteiger charge is -2.08. The zero-order valence-electron chi connectivity index (χ0n) is 17.3. The number of nitrogens with two attached hydrogens (primary N) is 1. The summed E-state index contributed by atoms with van der Waals surface area (Å²) < 4.78 is 3.50. The molecule has 7 heteroatoms. The monoisotopic (exact) mass is 419 g/mol. The van der Waals surface area contributed by atoms with Gasteiger partial charge in [-0.3, -0.25) is 19.8 Å². The molecular formula is C25H21N7. The van der Waals surface area contributed by atoms with Crippen LogP contribution >= 0.6 is 0 Å². The molecule has 7 nitrogen and oxygen atoms in total. The van der Waals surface area contributed by atoms with Crippen LogP contribution in [0.2, 0.25) is 0 Å². The number of para-hydroxylation sites is 2. The van der Waals surface area contributed by atoms with Crippen LogP contribution in [0.4, 0.5) is 5.69 Å².